The van der Waals surface area contributed by atoms with Gasteiger partial charge in [0.05, 0.1) is 36.4 Å². The van der Waals surface area contributed by atoms with Crippen LogP contribution in [0, 0.1) is 0 Å². The molecular formula is C19H15N3O2. The van der Waals surface area contributed by atoms with Crippen LogP contribution in [0.15, 0.2) is 76.4 Å². The van der Waals surface area contributed by atoms with Crippen molar-refractivity contribution in [1.82, 2.24) is 9.97 Å². The van der Waals surface area contributed by atoms with Gasteiger partial charge in [-0.3, -0.25) is 0 Å². The molecule has 24 heavy (non-hydrogen) atoms. The Morgan fingerprint density at radius 3 is 1.88 bits per heavy atom. The van der Waals surface area contributed by atoms with Crippen LogP contribution in [0.3, 0.4) is 0 Å². The van der Waals surface area contributed by atoms with Crippen LogP contribution in [-0.2, 0) is 6.42 Å². The molecule has 0 aliphatic carbocycles. The average Bonchev–Trinajstić information content (AvgIpc) is 3.31. The molecule has 118 valence electrons. The number of nitrogens with two attached hydrogens (primary N) is 1. The number of hydrogen-bond acceptors (Lipinski definition) is 5. The van der Waals surface area contributed by atoms with Gasteiger partial charge in [0.2, 0.25) is 5.95 Å². The van der Waals surface area contributed by atoms with Crippen LogP contribution in [0.4, 0.5) is 5.95 Å². The molecule has 0 spiro atoms. The van der Waals surface area contributed by atoms with Gasteiger partial charge in [0, 0.05) is 23.1 Å². The maximum atomic E-state index is 5.95. The van der Waals surface area contributed by atoms with Gasteiger partial charge >= 0.3 is 0 Å². The van der Waals surface area contributed by atoms with E-state index in [-0.39, 0.29) is 5.95 Å². The van der Waals surface area contributed by atoms with Crippen molar-refractivity contribution in [2.45, 2.75) is 6.42 Å². The molecule has 4 aromatic rings. The predicted molar refractivity (Wildman–Crippen MR) is 91.1 cm³/mol. The monoisotopic (exact) mass is 317 g/mol. The normalized spacial score (nSPS) is 10.8. The van der Waals surface area contributed by atoms with Gasteiger partial charge in [0.1, 0.15) is 0 Å². The molecule has 1 aromatic carbocycles. The first kappa shape index (κ1) is 14.3. The summed E-state index contributed by atoms with van der Waals surface area (Å²) in [7, 11) is 0. The van der Waals surface area contributed by atoms with Crippen LogP contribution in [0.5, 0.6) is 0 Å². The van der Waals surface area contributed by atoms with Gasteiger partial charge < -0.3 is 14.6 Å². The Hall–Kier alpha value is -3.34. The van der Waals surface area contributed by atoms with Gasteiger partial charge in [-0.15, -0.1) is 0 Å². The van der Waals surface area contributed by atoms with E-state index < -0.39 is 0 Å². The third kappa shape index (κ3) is 2.67. The minimum Gasteiger partial charge on any atom is -0.472 e. The zero-order valence-electron chi connectivity index (χ0n) is 12.8. The first-order valence-electron chi connectivity index (χ1n) is 7.57. The zero-order valence-corrected chi connectivity index (χ0v) is 12.8. The lowest BCUT2D eigenvalue weighted by Crippen LogP contribution is -2.05. The van der Waals surface area contributed by atoms with E-state index in [9.17, 15) is 0 Å². The molecular weight excluding hydrogens is 302 g/mol. The van der Waals surface area contributed by atoms with E-state index in [4.69, 9.17) is 14.6 Å². The Kier molecular flexibility index (Phi) is 3.59. The highest BCUT2D eigenvalue weighted by Crippen LogP contribution is 2.32. The first-order chi connectivity index (χ1) is 11.8. The fourth-order valence-electron chi connectivity index (χ4n) is 2.74. The molecule has 2 N–H and O–H groups in total. The SMILES string of the molecule is Nc1nc(-c2ccoc2)c(Cc2ccccc2)c(-c2ccoc2)n1. The topological polar surface area (TPSA) is 78.1 Å². The van der Waals surface area contributed by atoms with Gasteiger partial charge in [-0.05, 0) is 17.7 Å². The molecule has 0 amide bonds. The quantitative estimate of drug-likeness (QED) is 0.611. The van der Waals surface area contributed by atoms with Crippen LogP contribution in [0.25, 0.3) is 22.5 Å². The highest BCUT2D eigenvalue weighted by atomic mass is 16.3. The molecule has 5 heteroatoms. The summed E-state index contributed by atoms with van der Waals surface area (Å²) in [4.78, 5) is 8.92. The van der Waals surface area contributed by atoms with Crippen LogP contribution < -0.4 is 5.73 Å². The van der Waals surface area contributed by atoms with Crippen LogP contribution >= 0.6 is 0 Å². The van der Waals surface area contributed by atoms with Crippen LogP contribution in [0.1, 0.15) is 11.1 Å². The lowest BCUT2D eigenvalue weighted by Gasteiger charge is -2.13. The summed E-state index contributed by atoms with van der Waals surface area (Å²) < 4.78 is 10.4. The van der Waals surface area contributed by atoms with E-state index >= 15 is 0 Å². The van der Waals surface area contributed by atoms with Crippen LogP contribution in [-0.4, -0.2) is 9.97 Å². The Balaban J connectivity index is 1.93. The minimum atomic E-state index is 0.221. The van der Waals surface area contributed by atoms with Crippen molar-refractivity contribution in [3.05, 3.63) is 78.6 Å². The van der Waals surface area contributed by atoms with Crippen molar-refractivity contribution in [1.29, 1.82) is 0 Å². The van der Waals surface area contributed by atoms with Crippen LogP contribution in [0.2, 0.25) is 0 Å². The average molecular weight is 317 g/mol. The number of furan rings is 2. The van der Waals surface area contributed by atoms with E-state index in [2.05, 4.69) is 22.1 Å². The number of aromatic nitrogens is 2. The summed E-state index contributed by atoms with van der Waals surface area (Å²) in [6.45, 7) is 0. The Morgan fingerprint density at radius 2 is 1.38 bits per heavy atom. The van der Waals surface area contributed by atoms with Crippen molar-refractivity contribution < 1.29 is 8.83 Å². The summed E-state index contributed by atoms with van der Waals surface area (Å²) in [5.74, 6) is 0.221. The summed E-state index contributed by atoms with van der Waals surface area (Å²) >= 11 is 0. The van der Waals surface area contributed by atoms with Crippen molar-refractivity contribution in [3.63, 3.8) is 0 Å². The molecule has 3 aromatic heterocycles. The Labute approximate surface area is 138 Å². The highest BCUT2D eigenvalue weighted by Gasteiger charge is 2.18. The fraction of sp³-hybridized carbons (Fsp3) is 0.0526. The second-order valence-corrected chi connectivity index (χ2v) is 5.44. The molecule has 0 saturated heterocycles. The second kappa shape index (κ2) is 6.04. The minimum absolute atomic E-state index is 0.221. The number of nitrogen functional groups attached to an aromatic ring is 1. The number of anilines is 1. The Bertz CT molecular complexity index is 875. The number of rotatable bonds is 4. The molecule has 0 unspecified atom stereocenters. The molecule has 0 saturated carbocycles. The van der Waals surface area contributed by atoms with E-state index in [0.29, 0.717) is 6.42 Å². The van der Waals surface area contributed by atoms with Gasteiger partial charge in [0.25, 0.3) is 0 Å². The molecule has 0 atom stereocenters. The second-order valence-electron chi connectivity index (χ2n) is 5.44. The lowest BCUT2D eigenvalue weighted by atomic mass is 9.97. The summed E-state index contributed by atoms with van der Waals surface area (Å²) in [5, 5.41) is 0. The standard InChI is InChI=1S/C19H15N3O2/c20-19-21-17(14-6-8-23-11-14)16(10-13-4-2-1-3-5-13)18(22-19)15-7-9-24-12-15/h1-9,11-12H,10H2,(H2,20,21,22). The van der Waals surface area contributed by atoms with Gasteiger partial charge in [-0.2, -0.15) is 0 Å². The maximum absolute atomic E-state index is 5.95. The molecule has 0 aliphatic heterocycles. The summed E-state index contributed by atoms with van der Waals surface area (Å²) in [6.07, 6.45) is 7.25. The summed E-state index contributed by atoms with van der Waals surface area (Å²) in [6, 6.07) is 13.9. The number of nitrogens with zero attached hydrogens (tertiary/aromatic N) is 2. The fourth-order valence-corrected chi connectivity index (χ4v) is 2.74. The molecule has 4 rings (SSSR count). The zero-order chi connectivity index (χ0) is 16.4. The molecule has 0 bridgehead atoms. The Morgan fingerprint density at radius 1 is 0.792 bits per heavy atom. The molecule has 0 fully saturated rings. The molecule has 0 radical (unpaired) electrons. The van der Waals surface area contributed by atoms with Crippen molar-refractivity contribution in [2.75, 3.05) is 5.73 Å². The summed E-state index contributed by atoms with van der Waals surface area (Å²) in [5.41, 5.74) is 11.4. The van der Waals surface area contributed by atoms with E-state index in [1.165, 1.54) is 5.56 Å². The smallest absolute Gasteiger partial charge is 0.221 e. The first-order valence-corrected chi connectivity index (χ1v) is 7.57. The highest BCUT2D eigenvalue weighted by molar-refractivity contribution is 5.74. The van der Waals surface area contributed by atoms with Gasteiger partial charge in [0.15, 0.2) is 0 Å². The van der Waals surface area contributed by atoms with Gasteiger partial charge in [-0.25, -0.2) is 9.97 Å². The van der Waals surface area contributed by atoms with Crippen molar-refractivity contribution in [3.8, 4) is 22.5 Å². The third-order valence-corrected chi connectivity index (χ3v) is 3.84. The predicted octanol–water partition coefficient (Wildman–Crippen LogP) is 4.17. The van der Waals surface area contributed by atoms with Crippen molar-refractivity contribution >= 4 is 5.95 Å². The van der Waals surface area contributed by atoms with E-state index in [0.717, 1.165) is 28.1 Å². The molecule has 3 heterocycles. The molecule has 0 aliphatic rings. The maximum Gasteiger partial charge on any atom is 0.221 e. The largest absolute Gasteiger partial charge is 0.472 e. The third-order valence-electron chi connectivity index (χ3n) is 3.84. The molecule has 5 nitrogen and oxygen atoms in total. The number of hydrogen-bond donors (Lipinski definition) is 1. The lowest BCUT2D eigenvalue weighted by molar-refractivity contribution is 0.568. The van der Waals surface area contributed by atoms with E-state index in [1.807, 2.05) is 30.3 Å². The van der Waals surface area contributed by atoms with Gasteiger partial charge in [-0.1, -0.05) is 30.3 Å². The van der Waals surface area contributed by atoms with E-state index in [1.54, 1.807) is 25.1 Å². The number of benzene rings is 1. The van der Waals surface area contributed by atoms with Crippen molar-refractivity contribution in [2.24, 2.45) is 0 Å².